The third kappa shape index (κ3) is 2.77. The van der Waals surface area contributed by atoms with E-state index in [0.29, 0.717) is 0 Å². The standard InChI is InChI=1S/C7H10P2.Pd/c1-6-4-2-3-5-7(6)9-8;/h2-5,9H,8H2,1H3;. The first kappa shape index (κ1) is 10.7. The van der Waals surface area contributed by atoms with Gasteiger partial charge in [-0.2, -0.15) is 0 Å². The number of hydrogen-bond acceptors (Lipinski definition) is 0. The minimum absolute atomic E-state index is 0. The molecule has 0 saturated carbocycles. The third-order valence-corrected chi connectivity index (χ3v) is 3.11. The summed E-state index contributed by atoms with van der Waals surface area (Å²) in [6.45, 7) is 2.15. The molecule has 0 aliphatic rings. The molecule has 0 fully saturated rings. The van der Waals surface area contributed by atoms with Crippen LogP contribution in [0.5, 0.6) is 0 Å². The van der Waals surface area contributed by atoms with Crippen LogP contribution in [0.25, 0.3) is 0 Å². The van der Waals surface area contributed by atoms with Gasteiger partial charge in [-0.15, -0.1) is 8.93 Å². The van der Waals surface area contributed by atoms with Gasteiger partial charge in [0.05, 0.1) is 0 Å². The molecule has 0 radical (unpaired) electrons. The molecular formula is C7H10P2Pd. The molecule has 0 aromatic heterocycles. The van der Waals surface area contributed by atoms with Crippen molar-refractivity contribution in [2.45, 2.75) is 6.92 Å². The normalized spacial score (nSPS) is 9.80. The summed E-state index contributed by atoms with van der Waals surface area (Å²) in [6, 6.07) is 8.47. The van der Waals surface area contributed by atoms with Gasteiger partial charge in [0.1, 0.15) is 0 Å². The second-order valence-electron chi connectivity index (χ2n) is 1.96. The fourth-order valence-corrected chi connectivity index (χ4v) is 2.21. The molecule has 10 heavy (non-hydrogen) atoms. The van der Waals surface area contributed by atoms with E-state index in [0.717, 1.165) is 8.27 Å². The monoisotopic (exact) mass is 262 g/mol. The van der Waals surface area contributed by atoms with Gasteiger partial charge in [0.2, 0.25) is 0 Å². The fraction of sp³-hybridized carbons (Fsp3) is 0.143. The minimum atomic E-state index is 0. The Balaban J connectivity index is 0.000000810. The van der Waals surface area contributed by atoms with Gasteiger partial charge in [-0.05, 0) is 17.8 Å². The zero-order valence-electron chi connectivity index (χ0n) is 5.70. The van der Waals surface area contributed by atoms with Gasteiger partial charge in [-0.1, -0.05) is 32.5 Å². The van der Waals surface area contributed by atoms with Crippen molar-refractivity contribution in [1.82, 2.24) is 0 Å². The summed E-state index contributed by atoms with van der Waals surface area (Å²) >= 11 is 0. The summed E-state index contributed by atoms with van der Waals surface area (Å²) in [4.78, 5) is 0. The van der Waals surface area contributed by atoms with Gasteiger partial charge in [0.25, 0.3) is 0 Å². The van der Waals surface area contributed by atoms with E-state index in [4.69, 9.17) is 0 Å². The Hall–Kier alpha value is 0.742. The summed E-state index contributed by atoms with van der Waals surface area (Å²) in [5.74, 6) is 0. The van der Waals surface area contributed by atoms with Crippen LogP contribution >= 0.6 is 17.2 Å². The summed E-state index contributed by atoms with van der Waals surface area (Å²) in [7, 11) is 3.60. The van der Waals surface area contributed by atoms with Crippen molar-refractivity contribution in [2.24, 2.45) is 0 Å². The molecule has 58 valence electrons. The molecule has 0 spiro atoms. The molecule has 0 bridgehead atoms. The van der Waals surface area contributed by atoms with Crippen LogP contribution in [0.3, 0.4) is 0 Å². The smallest absolute Gasteiger partial charge is 0 e. The molecular weight excluding hydrogens is 252 g/mol. The van der Waals surface area contributed by atoms with Crippen molar-refractivity contribution in [3.05, 3.63) is 29.8 Å². The van der Waals surface area contributed by atoms with Crippen LogP contribution in [-0.4, -0.2) is 0 Å². The molecule has 2 unspecified atom stereocenters. The molecule has 0 heterocycles. The van der Waals surface area contributed by atoms with E-state index in [2.05, 4.69) is 40.1 Å². The van der Waals surface area contributed by atoms with Crippen LogP contribution in [0.4, 0.5) is 0 Å². The van der Waals surface area contributed by atoms with E-state index < -0.39 is 0 Å². The second kappa shape index (κ2) is 5.40. The number of benzene rings is 1. The van der Waals surface area contributed by atoms with Crippen LogP contribution in [0, 0.1) is 6.92 Å². The van der Waals surface area contributed by atoms with Crippen LogP contribution in [-0.2, 0) is 20.4 Å². The van der Waals surface area contributed by atoms with Crippen molar-refractivity contribution >= 4 is 22.5 Å². The van der Waals surface area contributed by atoms with Crippen molar-refractivity contribution in [2.75, 3.05) is 0 Å². The van der Waals surface area contributed by atoms with Gasteiger partial charge >= 0.3 is 0 Å². The zero-order valence-corrected chi connectivity index (χ0v) is 9.41. The van der Waals surface area contributed by atoms with Crippen LogP contribution in [0.2, 0.25) is 0 Å². The maximum atomic E-state index is 2.76. The van der Waals surface area contributed by atoms with Gasteiger partial charge in [0, 0.05) is 20.4 Å². The van der Waals surface area contributed by atoms with Crippen molar-refractivity contribution < 1.29 is 20.4 Å². The predicted molar refractivity (Wildman–Crippen MR) is 48.8 cm³/mol. The van der Waals surface area contributed by atoms with Crippen molar-refractivity contribution in [3.8, 4) is 0 Å². The van der Waals surface area contributed by atoms with E-state index in [1.807, 2.05) is 0 Å². The topological polar surface area (TPSA) is 0 Å². The average molecular weight is 263 g/mol. The third-order valence-electron chi connectivity index (χ3n) is 1.30. The van der Waals surface area contributed by atoms with Crippen LogP contribution in [0.1, 0.15) is 5.56 Å². The Kier molecular flexibility index (Phi) is 5.80. The van der Waals surface area contributed by atoms with E-state index >= 15 is 0 Å². The molecule has 1 aromatic carbocycles. The van der Waals surface area contributed by atoms with Crippen molar-refractivity contribution in [3.63, 3.8) is 0 Å². The Morgan fingerprint density at radius 3 is 2.30 bits per heavy atom. The maximum absolute atomic E-state index is 2.76. The first-order valence-electron chi connectivity index (χ1n) is 2.87. The molecule has 0 amide bonds. The van der Waals surface area contributed by atoms with E-state index in [1.165, 1.54) is 10.9 Å². The van der Waals surface area contributed by atoms with E-state index in [-0.39, 0.29) is 20.4 Å². The first-order valence-corrected chi connectivity index (χ1v) is 5.68. The summed E-state index contributed by atoms with van der Waals surface area (Å²) in [5, 5.41) is 1.45. The largest absolute Gasteiger partial charge is 0.110 e. The Labute approximate surface area is 79.7 Å². The second-order valence-corrected chi connectivity index (χ2v) is 3.65. The molecule has 1 rings (SSSR count). The first-order chi connectivity index (χ1) is 4.34. The van der Waals surface area contributed by atoms with Crippen LogP contribution < -0.4 is 5.30 Å². The molecule has 2 atom stereocenters. The average Bonchev–Trinajstić information content (AvgIpc) is 1.89. The minimum Gasteiger partial charge on any atom is -0.110 e. The SMILES string of the molecule is Cc1ccccc1PP.[Pd]. The number of hydrogen-bond donors (Lipinski definition) is 0. The van der Waals surface area contributed by atoms with E-state index in [1.54, 1.807) is 0 Å². The Morgan fingerprint density at radius 2 is 1.90 bits per heavy atom. The zero-order chi connectivity index (χ0) is 6.69. The van der Waals surface area contributed by atoms with Crippen molar-refractivity contribution in [1.29, 1.82) is 0 Å². The van der Waals surface area contributed by atoms with Gasteiger partial charge in [-0.25, -0.2) is 0 Å². The summed E-state index contributed by atoms with van der Waals surface area (Å²) < 4.78 is 0. The Bertz CT molecular complexity index is 201. The van der Waals surface area contributed by atoms with Crippen LogP contribution in [0.15, 0.2) is 24.3 Å². The Morgan fingerprint density at radius 1 is 1.30 bits per heavy atom. The van der Waals surface area contributed by atoms with Gasteiger partial charge in [0.15, 0.2) is 0 Å². The number of aryl methyl sites for hydroxylation is 1. The quantitative estimate of drug-likeness (QED) is 0.537. The predicted octanol–water partition coefficient (Wildman–Crippen LogP) is 2.09. The molecule has 3 heteroatoms. The summed E-state index contributed by atoms with van der Waals surface area (Å²) in [6.07, 6.45) is 0. The maximum Gasteiger partial charge on any atom is 0 e. The molecule has 1 aromatic rings. The number of rotatable bonds is 1. The fourth-order valence-electron chi connectivity index (χ4n) is 0.735. The molecule has 0 nitrogen and oxygen atoms in total. The molecule has 0 aliphatic heterocycles. The van der Waals surface area contributed by atoms with Gasteiger partial charge < -0.3 is 0 Å². The molecule has 0 N–H and O–H groups in total. The van der Waals surface area contributed by atoms with Gasteiger partial charge in [-0.3, -0.25) is 0 Å². The molecule has 0 aliphatic carbocycles. The molecule has 0 saturated heterocycles. The summed E-state index contributed by atoms with van der Waals surface area (Å²) in [5.41, 5.74) is 1.39. The van der Waals surface area contributed by atoms with E-state index in [9.17, 15) is 0 Å².